The normalized spacial score (nSPS) is 11.0. The first kappa shape index (κ1) is 6.75. The molecule has 0 aromatic rings. The molecule has 44 valence electrons. The van der Waals surface area contributed by atoms with E-state index in [4.69, 9.17) is 11.5 Å². The number of carbonyl (C=O) groups excluding carboxylic acids is 1. The molecule has 4 N–H and O–H groups in total. The molecule has 1 amide bonds. The Kier molecular flexibility index (Phi) is 3.31. The lowest BCUT2D eigenvalue weighted by atomic mass is 10.5. The van der Waals surface area contributed by atoms with Gasteiger partial charge in [-0.15, -0.1) is 0 Å². The number of rotatable bonds is 2. The Morgan fingerprint density at radius 1 is 1.38 bits per heavy atom. The van der Waals surface area contributed by atoms with Gasteiger partial charge in [0.05, 0.1) is 0 Å². The van der Waals surface area contributed by atoms with E-state index in [0.29, 0.717) is 0 Å². The monoisotopic (exact) mass is 112 g/mol. The lowest BCUT2D eigenvalue weighted by Crippen LogP contribution is -2.04. The molecule has 8 heavy (non-hydrogen) atoms. The molecule has 0 aromatic heterocycles. The summed E-state index contributed by atoms with van der Waals surface area (Å²) in [6, 6.07) is 0. The van der Waals surface area contributed by atoms with E-state index >= 15 is 0 Å². The quantitative estimate of drug-likeness (QED) is 0.373. The first-order valence-electron chi connectivity index (χ1n) is 2.11. The molecule has 0 aliphatic heterocycles. The van der Waals surface area contributed by atoms with Gasteiger partial charge < -0.3 is 11.5 Å². The second kappa shape index (κ2) is 3.92. The third kappa shape index (κ3) is 4.75. The van der Waals surface area contributed by atoms with Gasteiger partial charge in [-0.2, -0.15) is 0 Å². The molecule has 0 fully saturated rings. The number of hydrogen-bond acceptors (Lipinski definition) is 2. The summed E-state index contributed by atoms with van der Waals surface area (Å²) in [5.41, 5.74) is 9.66. The van der Waals surface area contributed by atoms with Crippen LogP contribution in [0.5, 0.6) is 0 Å². The maximum atomic E-state index is 9.93. The Morgan fingerprint density at radius 3 is 2.38 bits per heavy atom. The summed E-state index contributed by atoms with van der Waals surface area (Å²) in [6.45, 7) is 0. The fourth-order valence-electron chi connectivity index (χ4n) is 0.215. The average Bonchev–Trinajstić information content (AvgIpc) is 1.66. The van der Waals surface area contributed by atoms with Crippen molar-refractivity contribution in [3.05, 3.63) is 24.4 Å². The van der Waals surface area contributed by atoms with Crippen LogP contribution < -0.4 is 11.5 Å². The Labute approximate surface area is 47.7 Å². The van der Waals surface area contributed by atoms with E-state index in [0.717, 1.165) is 0 Å². The summed E-state index contributed by atoms with van der Waals surface area (Å²) in [6.07, 6.45) is 5.54. The Hall–Kier alpha value is -1.25. The molecular weight excluding hydrogens is 104 g/mol. The van der Waals surface area contributed by atoms with Crippen LogP contribution in [0.1, 0.15) is 0 Å². The van der Waals surface area contributed by atoms with Crippen molar-refractivity contribution in [3.8, 4) is 0 Å². The predicted molar refractivity (Wildman–Crippen MR) is 31.7 cm³/mol. The van der Waals surface area contributed by atoms with Gasteiger partial charge in [0.1, 0.15) is 0 Å². The highest BCUT2D eigenvalue weighted by atomic mass is 16.1. The number of amides is 1. The number of nitrogens with two attached hydrogens (primary N) is 2. The number of allylic oxidation sites excluding steroid dienone is 2. The van der Waals surface area contributed by atoms with Crippen LogP contribution in [-0.2, 0) is 4.79 Å². The second-order valence-electron chi connectivity index (χ2n) is 1.15. The largest absolute Gasteiger partial charge is 0.405 e. The maximum Gasteiger partial charge on any atom is 0.241 e. The highest BCUT2D eigenvalue weighted by Gasteiger charge is 1.75. The highest BCUT2D eigenvalue weighted by Crippen LogP contribution is 1.70. The summed E-state index contributed by atoms with van der Waals surface area (Å²) in [7, 11) is 0. The zero-order valence-electron chi connectivity index (χ0n) is 4.37. The molecule has 3 nitrogen and oxygen atoms in total. The third-order valence-electron chi connectivity index (χ3n) is 0.483. The lowest BCUT2D eigenvalue weighted by molar-refractivity contribution is -0.113. The molecule has 0 saturated carbocycles. The maximum absolute atomic E-state index is 9.93. The average molecular weight is 112 g/mol. The lowest BCUT2D eigenvalue weighted by Gasteiger charge is -1.73. The van der Waals surface area contributed by atoms with Gasteiger partial charge in [-0.05, 0) is 12.3 Å². The summed E-state index contributed by atoms with van der Waals surface area (Å²) in [5, 5.41) is 0. The minimum atomic E-state index is -0.469. The number of hydrogen-bond donors (Lipinski definition) is 2. The number of primary amides is 1. The zero-order valence-corrected chi connectivity index (χ0v) is 4.37. The molecule has 0 unspecified atom stereocenters. The van der Waals surface area contributed by atoms with Crippen molar-refractivity contribution in [1.82, 2.24) is 0 Å². The van der Waals surface area contributed by atoms with Crippen molar-refractivity contribution in [2.24, 2.45) is 11.5 Å². The SMILES string of the molecule is N/C=C\C=C/C(N)=O. The molecule has 0 aromatic carbocycles. The van der Waals surface area contributed by atoms with Crippen molar-refractivity contribution >= 4 is 5.91 Å². The standard InChI is InChI=1S/C5H8N2O/c6-4-2-1-3-5(7)8/h1-4H,6H2,(H2,7,8)/b3-1-,4-2-. The van der Waals surface area contributed by atoms with E-state index in [-0.39, 0.29) is 0 Å². The van der Waals surface area contributed by atoms with Crippen LogP contribution in [0.4, 0.5) is 0 Å². The van der Waals surface area contributed by atoms with Gasteiger partial charge in [0.15, 0.2) is 0 Å². The Bertz CT molecular complexity index is 126. The summed E-state index contributed by atoms with van der Waals surface area (Å²) in [4.78, 5) is 9.93. The molecule has 0 spiro atoms. The molecule has 0 atom stereocenters. The van der Waals surface area contributed by atoms with Crippen molar-refractivity contribution in [2.45, 2.75) is 0 Å². The fourth-order valence-corrected chi connectivity index (χ4v) is 0.215. The summed E-state index contributed by atoms with van der Waals surface area (Å²) >= 11 is 0. The summed E-state index contributed by atoms with van der Waals surface area (Å²) < 4.78 is 0. The van der Waals surface area contributed by atoms with Gasteiger partial charge >= 0.3 is 0 Å². The zero-order chi connectivity index (χ0) is 6.41. The van der Waals surface area contributed by atoms with Crippen LogP contribution in [0.3, 0.4) is 0 Å². The Morgan fingerprint density at radius 2 is 2.00 bits per heavy atom. The van der Waals surface area contributed by atoms with Crippen LogP contribution >= 0.6 is 0 Å². The van der Waals surface area contributed by atoms with Crippen molar-refractivity contribution in [3.63, 3.8) is 0 Å². The van der Waals surface area contributed by atoms with Crippen LogP contribution in [0.25, 0.3) is 0 Å². The molecule has 0 saturated heterocycles. The smallest absolute Gasteiger partial charge is 0.241 e. The molecule has 3 heteroatoms. The predicted octanol–water partition coefficient (Wildman–Crippen LogP) is -0.500. The van der Waals surface area contributed by atoms with Crippen molar-refractivity contribution in [1.29, 1.82) is 0 Å². The van der Waals surface area contributed by atoms with E-state index in [1.807, 2.05) is 0 Å². The fraction of sp³-hybridized carbons (Fsp3) is 0. The van der Waals surface area contributed by atoms with Crippen molar-refractivity contribution in [2.75, 3.05) is 0 Å². The molecule has 0 heterocycles. The minimum Gasteiger partial charge on any atom is -0.405 e. The molecule has 0 bridgehead atoms. The van der Waals surface area contributed by atoms with Crippen LogP contribution in [-0.4, -0.2) is 5.91 Å². The van der Waals surface area contributed by atoms with E-state index < -0.39 is 5.91 Å². The molecule has 0 aliphatic carbocycles. The number of carbonyl (C=O) groups is 1. The van der Waals surface area contributed by atoms with E-state index in [2.05, 4.69) is 0 Å². The first-order valence-corrected chi connectivity index (χ1v) is 2.11. The minimum absolute atomic E-state index is 0.469. The molecular formula is C5H8N2O. The van der Waals surface area contributed by atoms with Crippen LogP contribution in [0.15, 0.2) is 24.4 Å². The van der Waals surface area contributed by atoms with Gasteiger partial charge in [0.2, 0.25) is 5.91 Å². The topological polar surface area (TPSA) is 69.1 Å². The third-order valence-corrected chi connectivity index (χ3v) is 0.483. The molecule has 0 rings (SSSR count). The molecule has 0 aliphatic rings. The van der Waals surface area contributed by atoms with Gasteiger partial charge in [-0.25, -0.2) is 0 Å². The highest BCUT2D eigenvalue weighted by molar-refractivity contribution is 5.85. The van der Waals surface area contributed by atoms with Gasteiger partial charge in [0.25, 0.3) is 0 Å². The van der Waals surface area contributed by atoms with Crippen LogP contribution in [0, 0.1) is 0 Å². The molecule has 0 radical (unpaired) electrons. The Balaban J connectivity index is 3.50. The van der Waals surface area contributed by atoms with Gasteiger partial charge in [0, 0.05) is 6.08 Å². The van der Waals surface area contributed by atoms with E-state index in [1.165, 1.54) is 24.4 Å². The van der Waals surface area contributed by atoms with E-state index in [9.17, 15) is 4.79 Å². The van der Waals surface area contributed by atoms with E-state index in [1.54, 1.807) is 0 Å². The van der Waals surface area contributed by atoms with Crippen LogP contribution in [0.2, 0.25) is 0 Å². The van der Waals surface area contributed by atoms with Gasteiger partial charge in [-0.3, -0.25) is 4.79 Å². The van der Waals surface area contributed by atoms with Gasteiger partial charge in [-0.1, -0.05) is 6.08 Å². The summed E-state index contributed by atoms with van der Waals surface area (Å²) in [5.74, 6) is -0.469. The second-order valence-corrected chi connectivity index (χ2v) is 1.15. The first-order chi connectivity index (χ1) is 3.77. The van der Waals surface area contributed by atoms with Crippen molar-refractivity contribution < 1.29 is 4.79 Å².